The summed E-state index contributed by atoms with van der Waals surface area (Å²) in [6, 6.07) is 0.767. The van der Waals surface area contributed by atoms with E-state index in [0.717, 1.165) is 19.0 Å². The molecule has 0 radical (unpaired) electrons. The molecule has 2 unspecified atom stereocenters. The van der Waals surface area contributed by atoms with Crippen molar-refractivity contribution in [2.75, 3.05) is 39.3 Å². The molecule has 0 saturated carbocycles. The van der Waals surface area contributed by atoms with E-state index in [4.69, 9.17) is 5.73 Å². The zero-order valence-electron chi connectivity index (χ0n) is 11.8. The number of nitrogens with zero attached hydrogens (tertiary/aromatic N) is 2. The number of likely N-dealkylation sites (tertiary alicyclic amines) is 2. The summed E-state index contributed by atoms with van der Waals surface area (Å²) in [4.78, 5) is 5.19. The van der Waals surface area contributed by atoms with Gasteiger partial charge in [-0.2, -0.15) is 0 Å². The van der Waals surface area contributed by atoms with Crippen LogP contribution in [0.3, 0.4) is 0 Å². The molecule has 2 heterocycles. The molecule has 3 N–H and O–H groups in total. The van der Waals surface area contributed by atoms with Crippen LogP contribution < -0.4 is 5.73 Å². The number of aliphatic hydroxyl groups is 1. The minimum atomic E-state index is -0.413. The molecular weight excluding hydrogens is 226 g/mol. The summed E-state index contributed by atoms with van der Waals surface area (Å²) in [5, 5.41) is 9.17. The van der Waals surface area contributed by atoms with Crippen molar-refractivity contribution >= 4 is 0 Å². The Hall–Kier alpha value is -0.160. The van der Waals surface area contributed by atoms with Crippen LogP contribution >= 0.6 is 0 Å². The Morgan fingerprint density at radius 3 is 2.61 bits per heavy atom. The van der Waals surface area contributed by atoms with Crippen LogP contribution in [0.2, 0.25) is 0 Å². The SMILES string of the molecule is CC(N)(CO)CCN1CCC(N2CCCCC2)C1. The third-order valence-electron chi connectivity index (χ3n) is 4.51. The quantitative estimate of drug-likeness (QED) is 0.757. The van der Waals surface area contributed by atoms with Gasteiger partial charge in [0.15, 0.2) is 0 Å². The van der Waals surface area contributed by atoms with Crippen molar-refractivity contribution in [1.82, 2.24) is 9.80 Å². The Labute approximate surface area is 111 Å². The van der Waals surface area contributed by atoms with E-state index in [1.807, 2.05) is 6.92 Å². The monoisotopic (exact) mass is 255 g/mol. The van der Waals surface area contributed by atoms with E-state index < -0.39 is 5.54 Å². The van der Waals surface area contributed by atoms with E-state index in [-0.39, 0.29) is 6.61 Å². The van der Waals surface area contributed by atoms with Crippen LogP contribution in [-0.4, -0.2) is 65.8 Å². The van der Waals surface area contributed by atoms with Crippen molar-refractivity contribution in [3.63, 3.8) is 0 Å². The highest BCUT2D eigenvalue weighted by Gasteiger charge is 2.29. The summed E-state index contributed by atoms with van der Waals surface area (Å²) in [7, 11) is 0. The molecule has 0 aromatic carbocycles. The molecular formula is C14H29N3O. The standard InChI is InChI=1S/C14H29N3O/c1-14(15,12-18)6-10-16-9-5-13(11-16)17-7-3-2-4-8-17/h13,18H,2-12,15H2,1H3. The van der Waals surface area contributed by atoms with E-state index in [1.54, 1.807) is 0 Å². The summed E-state index contributed by atoms with van der Waals surface area (Å²) < 4.78 is 0. The Kier molecular flexibility index (Phi) is 5.01. The second-order valence-electron chi connectivity index (χ2n) is 6.40. The van der Waals surface area contributed by atoms with Gasteiger partial charge in [0, 0.05) is 24.7 Å². The van der Waals surface area contributed by atoms with Crippen molar-refractivity contribution in [2.45, 2.75) is 50.6 Å². The van der Waals surface area contributed by atoms with Gasteiger partial charge in [0.05, 0.1) is 6.61 Å². The van der Waals surface area contributed by atoms with E-state index in [2.05, 4.69) is 9.80 Å². The van der Waals surface area contributed by atoms with E-state index in [0.29, 0.717) is 0 Å². The normalized spacial score (nSPS) is 30.5. The minimum absolute atomic E-state index is 0.0798. The zero-order valence-corrected chi connectivity index (χ0v) is 11.8. The Morgan fingerprint density at radius 1 is 1.22 bits per heavy atom. The van der Waals surface area contributed by atoms with Crippen molar-refractivity contribution in [3.05, 3.63) is 0 Å². The lowest BCUT2D eigenvalue weighted by Crippen LogP contribution is -2.44. The fraction of sp³-hybridized carbons (Fsp3) is 1.00. The molecule has 0 aliphatic carbocycles. The molecule has 106 valence electrons. The first kappa shape index (κ1) is 14.3. The van der Waals surface area contributed by atoms with Crippen molar-refractivity contribution in [3.8, 4) is 0 Å². The number of nitrogens with two attached hydrogens (primary N) is 1. The van der Waals surface area contributed by atoms with E-state index in [1.165, 1.54) is 51.9 Å². The number of hydrogen-bond acceptors (Lipinski definition) is 4. The lowest BCUT2D eigenvalue weighted by Gasteiger charge is -2.32. The molecule has 4 nitrogen and oxygen atoms in total. The minimum Gasteiger partial charge on any atom is -0.394 e. The maximum atomic E-state index is 9.17. The zero-order chi connectivity index (χ0) is 13.0. The van der Waals surface area contributed by atoms with Crippen LogP contribution in [0.4, 0.5) is 0 Å². The highest BCUT2D eigenvalue weighted by atomic mass is 16.3. The summed E-state index contributed by atoms with van der Waals surface area (Å²) in [5.41, 5.74) is 5.57. The Morgan fingerprint density at radius 2 is 1.94 bits per heavy atom. The van der Waals surface area contributed by atoms with Gasteiger partial charge in [-0.3, -0.25) is 4.90 Å². The molecule has 2 atom stereocenters. The van der Waals surface area contributed by atoms with Crippen LogP contribution in [0.25, 0.3) is 0 Å². The van der Waals surface area contributed by atoms with Crippen LogP contribution in [0.15, 0.2) is 0 Å². The second kappa shape index (κ2) is 6.33. The molecule has 2 aliphatic heterocycles. The molecule has 0 aromatic rings. The van der Waals surface area contributed by atoms with Gasteiger partial charge in [-0.05, 0) is 52.2 Å². The van der Waals surface area contributed by atoms with Crippen LogP contribution in [-0.2, 0) is 0 Å². The van der Waals surface area contributed by atoms with Crippen LogP contribution in [0.5, 0.6) is 0 Å². The van der Waals surface area contributed by atoms with Crippen molar-refractivity contribution in [2.24, 2.45) is 5.73 Å². The number of aliphatic hydroxyl groups excluding tert-OH is 1. The predicted molar refractivity (Wildman–Crippen MR) is 74.6 cm³/mol. The number of piperidine rings is 1. The van der Waals surface area contributed by atoms with Gasteiger partial charge in [-0.1, -0.05) is 6.42 Å². The molecule has 18 heavy (non-hydrogen) atoms. The molecule has 2 fully saturated rings. The van der Waals surface area contributed by atoms with Gasteiger partial charge in [0.2, 0.25) is 0 Å². The fourth-order valence-corrected chi connectivity index (χ4v) is 3.09. The first-order valence-electron chi connectivity index (χ1n) is 7.47. The highest BCUT2D eigenvalue weighted by Crippen LogP contribution is 2.20. The van der Waals surface area contributed by atoms with Crippen molar-refractivity contribution in [1.29, 1.82) is 0 Å². The average molecular weight is 255 g/mol. The lowest BCUT2D eigenvalue weighted by molar-refractivity contribution is 0.154. The Balaban J connectivity index is 1.71. The predicted octanol–water partition coefficient (Wildman–Crippen LogP) is 0.646. The van der Waals surface area contributed by atoms with Gasteiger partial charge in [0.1, 0.15) is 0 Å². The first-order valence-corrected chi connectivity index (χ1v) is 7.47. The maximum Gasteiger partial charge on any atom is 0.0608 e. The summed E-state index contributed by atoms with van der Waals surface area (Å²) in [5.74, 6) is 0. The molecule has 2 rings (SSSR count). The molecule has 2 saturated heterocycles. The molecule has 0 aromatic heterocycles. The lowest BCUT2D eigenvalue weighted by atomic mass is 10.0. The van der Waals surface area contributed by atoms with Gasteiger partial charge >= 0.3 is 0 Å². The molecule has 4 heteroatoms. The number of hydrogen-bond donors (Lipinski definition) is 2. The average Bonchev–Trinajstić information content (AvgIpc) is 2.86. The number of rotatable bonds is 5. The van der Waals surface area contributed by atoms with Gasteiger partial charge in [-0.15, -0.1) is 0 Å². The summed E-state index contributed by atoms with van der Waals surface area (Å²) >= 11 is 0. The van der Waals surface area contributed by atoms with E-state index >= 15 is 0 Å². The van der Waals surface area contributed by atoms with Crippen LogP contribution in [0.1, 0.15) is 39.0 Å². The molecule has 0 bridgehead atoms. The molecule has 0 spiro atoms. The van der Waals surface area contributed by atoms with E-state index in [9.17, 15) is 5.11 Å². The highest BCUT2D eigenvalue weighted by molar-refractivity contribution is 4.87. The smallest absolute Gasteiger partial charge is 0.0608 e. The van der Waals surface area contributed by atoms with Gasteiger partial charge in [0.25, 0.3) is 0 Å². The third kappa shape index (κ3) is 3.92. The first-order chi connectivity index (χ1) is 8.61. The third-order valence-corrected chi connectivity index (χ3v) is 4.51. The second-order valence-corrected chi connectivity index (χ2v) is 6.40. The summed E-state index contributed by atoms with van der Waals surface area (Å²) in [6.07, 6.45) is 6.36. The fourth-order valence-electron chi connectivity index (χ4n) is 3.09. The van der Waals surface area contributed by atoms with Crippen molar-refractivity contribution < 1.29 is 5.11 Å². The maximum absolute atomic E-state index is 9.17. The van der Waals surface area contributed by atoms with Gasteiger partial charge in [-0.25, -0.2) is 0 Å². The largest absolute Gasteiger partial charge is 0.394 e. The summed E-state index contributed by atoms with van der Waals surface area (Å²) in [6.45, 7) is 8.02. The molecule has 2 aliphatic rings. The Bertz CT molecular complexity index is 251. The van der Waals surface area contributed by atoms with Crippen LogP contribution in [0, 0.1) is 0 Å². The topological polar surface area (TPSA) is 52.7 Å². The molecule has 0 amide bonds. The van der Waals surface area contributed by atoms with Gasteiger partial charge < -0.3 is 15.7 Å².